The van der Waals surface area contributed by atoms with Crippen molar-refractivity contribution in [2.45, 2.75) is 33.6 Å². The monoisotopic (exact) mass is 169 g/mol. The molecular formula is C10H17NO. The Morgan fingerprint density at radius 3 is 2.83 bits per heavy atom. The lowest BCUT2D eigenvalue weighted by Gasteiger charge is -2.33. The Labute approximate surface area is 76.8 Å². The van der Waals surface area contributed by atoms with Gasteiger partial charge in [0.15, 0.2) is 0 Å². The topological polar surface area (TPSA) is 29.1 Å². The summed E-state index contributed by atoms with van der Waals surface area (Å²) < 4.78 is 15.8. The summed E-state index contributed by atoms with van der Waals surface area (Å²) in [7, 11) is 0. The molecule has 2 unspecified atom stereocenters. The van der Waals surface area contributed by atoms with Crippen LogP contribution in [0.3, 0.4) is 0 Å². The number of hydrogen-bond acceptors (Lipinski definition) is 1. The Balaban J connectivity index is 3.01. The van der Waals surface area contributed by atoms with Crippen molar-refractivity contribution in [1.29, 1.82) is 0 Å². The van der Waals surface area contributed by atoms with E-state index in [0.717, 1.165) is 0 Å². The second-order valence-corrected chi connectivity index (χ2v) is 4.12. The fourth-order valence-electron chi connectivity index (χ4n) is 1.24. The first-order valence-electron chi connectivity index (χ1n) is 5.19. The fourth-order valence-corrected chi connectivity index (χ4v) is 1.24. The van der Waals surface area contributed by atoms with Crippen molar-refractivity contribution in [3.05, 3.63) is 12.3 Å². The molecule has 0 spiro atoms. The second kappa shape index (κ2) is 2.92. The highest BCUT2D eigenvalue weighted by molar-refractivity contribution is 5.82. The number of amides is 1. The third-order valence-electron chi connectivity index (χ3n) is 2.01. The van der Waals surface area contributed by atoms with E-state index in [2.05, 4.69) is 11.9 Å². The third-order valence-corrected chi connectivity index (χ3v) is 2.01. The van der Waals surface area contributed by atoms with Crippen LogP contribution in [0.4, 0.5) is 0 Å². The molecule has 1 aliphatic heterocycles. The van der Waals surface area contributed by atoms with E-state index in [-0.39, 0.29) is 12.3 Å². The molecular weight excluding hydrogens is 150 g/mol. The highest BCUT2D eigenvalue weighted by Gasteiger charge is 2.33. The molecule has 1 N–H and O–H groups in total. The maximum absolute atomic E-state index is 11.7. The zero-order valence-electron chi connectivity index (χ0n) is 9.90. The van der Waals surface area contributed by atoms with E-state index >= 15 is 0 Å². The van der Waals surface area contributed by atoms with E-state index in [4.69, 9.17) is 2.74 Å². The molecule has 0 bridgehead atoms. The van der Waals surface area contributed by atoms with E-state index in [1.54, 1.807) is 0 Å². The lowest BCUT2D eigenvalue weighted by molar-refractivity contribution is -0.129. The quantitative estimate of drug-likeness (QED) is 0.591. The van der Waals surface area contributed by atoms with E-state index < -0.39 is 17.7 Å². The number of nitrogens with one attached hydrogen (secondary N) is 1. The first-order valence-corrected chi connectivity index (χ1v) is 4.11. The number of piperidine rings is 1. The second-order valence-electron chi connectivity index (χ2n) is 4.12. The molecule has 68 valence electrons. The van der Waals surface area contributed by atoms with Gasteiger partial charge in [0.1, 0.15) is 0 Å². The van der Waals surface area contributed by atoms with Gasteiger partial charge in [-0.3, -0.25) is 4.79 Å². The highest BCUT2D eigenvalue weighted by Crippen LogP contribution is 2.33. The maximum atomic E-state index is 11.7. The van der Waals surface area contributed by atoms with E-state index in [1.807, 2.05) is 20.8 Å². The molecule has 2 nitrogen and oxygen atoms in total. The normalized spacial score (nSPS) is 40.1. The summed E-state index contributed by atoms with van der Waals surface area (Å²) in [5.74, 6) is -1.56. The molecule has 0 radical (unpaired) electrons. The van der Waals surface area contributed by atoms with Crippen molar-refractivity contribution in [3.63, 3.8) is 0 Å². The van der Waals surface area contributed by atoms with E-state index in [1.165, 1.54) is 0 Å². The van der Waals surface area contributed by atoms with Crippen LogP contribution < -0.4 is 5.32 Å². The number of rotatable bonds is 0. The van der Waals surface area contributed by atoms with Crippen LogP contribution in [0.25, 0.3) is 0 Å². The molecule has 12 heavy (non-hydrogen) atoms. The molecule has 1 saturated heterocycles. The van der Waals surface area contributed by atoms with Crippen molar-refractivity contribution in [2.24, 2.45) is 11.3 Å². The molecule has 2 atom stereocenters. The smallest absolute Gasteiger partial charge is 0.227 e. The minimum Gasteiger partial charge on any atom is -0.330 e. The largest absolute Gasteiger partial charge is 0.330 e. The van der Waals surface area contributed by atoms with Crippen LogP contribution in [0.5, 0.6) is 0 Å². The molecule has 1 fully saturated rings. The molecule has 0 aromatic rings. The third kappa shape index (κ3) is 1.87. The maximum Gasteiger partial charge on any atom is 0.227 e. The molecule has 1 aliphatic rings. The van der Waals surface area contributed by atoms with Gasteiger partial charge in [-0.25, -0.2) is 0 Å². The highest BCUT2D eigenvalue weighted by atomic mass is 16.2. The van der Waals surface area contributed by atoms with Crippen LogP contribution in [-0.4, -0.2) is 5.91 Å². The average molecular weight is 169 g/mol. The predicted octanol–water partition coefficient (Wildman–Crippen LogP) is 2.07. The molecule has 0 aromatic heterocycles. The molecule has 1 amide bonds. The summed E-state index contributed by atoms with van der Waals surface area (Å²) in [5.41, 5.74) is -0.0565. The van der Waals surface area contributed by atoms with Crippen LogP contribution >= 0.6 is 0 Å². The minimum absolute atomic E-state index is 0.223. The van der Waals surface area contributed by atoms with Crippen LogP contribution in [-0.2, 0) is 4.79 Å². The summed E-state index contributed by atoms with van der Waals surface area (Å²) in [6.07, 6.45) is -0.342. The van der Waals surface area contributed by atoms with Gasteiger partial charge >= 0.3 is 0 Å². The molecule has 1 rings (SSSR count). The summed E-state index contributed by atoms with van der Waals surface area (Å²) in [5, 5.41) is 2.52. The van der Waals surface area contributed by atoms with Crippen molar-refractivity contribution in [1.82, 2.24) is 5.32 Å². The van der Waals surface area contributed by atoms with E-state index in [0.29, 0.717) is 5.70 Å². The van der Waals surface area contributed by atoms with Crippen molar-refractivity contribution < 1.29 is 7.54 Å². The van der Waals surface area contributed by atoms with Crippen molar-refractivity contribution in [2.75, 3.05) is 0 Å². The minimum atomic E-state index is -1.22. The standard InChI is InChI=1S/C10H17NO/c1-7-5-6-8(9(12)11-7)10(2,3)4/h8H,1,5-6H2,2-4H3,(H,11,12)/i5D,8D. The lowest BCUT2D eigenvalue weighted by Crippen LogP contribution is -2.41. The molecule has 0 aliphatic carbocycles. The molecule has 2 heteroatoms. The van der Waals surface area contributed by atoms with Crippen molar-refractivity contribution >= 4 is 5.91 Å². The van der Waals surface area contributed by atoms with Gasteiger partial charge in [-0.05, 0) is 18.2 Å². The zero-order valence-corrected chi connectivity index (χ0v) is 7.90. The average Bonchev–Trinajstić information content (AvgIpc) is 1.99. The van der Waals surface area contributed by atoms with Gasteiger partial charge in [-0.2, -0.15) is 0 Å². The van der Waals surface area contributed by atoms with Crippen LogP contribution in [0, 0.1) is 11.3 Å². The van der Waals surface area contributed by atoms with E-state index in [9.17, 15) is 4.79 Å². The first-order chi connectivity index (χ1) is 6.18. The molecule has 1 heterocycles. The predicted molar refractivity (Wildman–Crippen MR) is 49.5 cm³/mol. The van der Waals surface area contributed by atoms with Gasteiger partial charge in [-0.1, -0.05) is 27.4 Å². The Morgan fingerprint density at radius 2 is 2.33 bits per heavy atom. The Hall–Kier alpha value is -0.790. The first kappa shape index (κ1) is 6.70. The number of carbonyl (C=O) groups is 1. The Kier molecular flexibility index (Phi) is 1.63. The lowest BCUT2D eigenvalue weighted by atomic mass is 9.76. The molecule has 0 aromatic carbocycles. The fraction of sp³-hybridized carbons (Fsp3) is 0.700. The number of carbonyl (C=O) groups excluding carboxylic acids is 1. The summed E-state index contributed by atoms with van der Waals surface area (Å²) in [4.78, 5) is 11.7. The van der Waals surface area contributed by atoms with Crippen LogP contribution in [0.15, 0.2) is 12.3 Å². The van der Waals surface area contributed by atoms with Gasteiger partial charge in [-0.15, -0.1) is 0 Å². The Bertz CT molecular complexity index is 282. The van der Waals surface area contributed by atoms with Gasteiger partial charge in [0, 0.05) is 14.3 Å². The van der Waals surface area contributed by atoms with Gasteiger partial charge < -0.3 is 5.32 Å². The summed E-state index contributed by atoms with van der Waals surface area (Å²) in [6, 6.07) is 0. The van der Waals surface area contributed by atoms with Gasteiger partial charge in [0.25, 0.3) is 0 Å². The molecule has 0 saturated carbocycles. The van der Waals surface area contributed by atoms with Crippen LogP contribution in [0.2, 0.25) is 0 Å². The zero-order chi connectivity index (χ0) is 11.1. The number of hydrogen-bond donors (Lipinski definition) is 1. The Morgan fingerprint density at radius 1 is 1.75 bits per heavy atom. The number of allylic oxidation sites excluding steroid dienone is 1. The SMILES string of the molecule is [2H]C1CC([2H])(C(C)(C)C)C(=O)NC1=C. The summed E-state index contributed by atoms with van der Waals surface area (Å²) in [6.45, 7) is 9.13. The summed E-state index contributed by atoms with van der Waals surface area (Å²) >= 11 is 0. The van der Waals surface area contributed by atoms with Gasteiger partial charge in [0.05, 0.1) is 0 Å². The van der Waals surface area contributed by atoms with Crippen LogP contribution in [0.1, 0.15) is 36.3 Å². The van der Waals surface area contributed by atoms with Crippen molar-refractivity contribution in [3.8, 4) is 0 Å². The van der Waals surface area contributed by atoms with Gasteiger partial charge in [0.2, 0.25) is 5.91 Å².